The summed E-state index contributed by atoms with van der Waals surface area (Å²) in [6, 6.07) is -0.590. The second-order valence-corrected chi connectivity index (χ2v) is 15.8. The van der Waals surface area contributed by atoms with Crippen molar-refractivity contribution in [1.82, 2.24) is 15.5 Å². The van der Waals surface area contributed by atoms with Crippen LogP contribution in [0.5, 0.6) is 0 Å². The molecule has 2 aliphatic heterocycles. The van der Waals surface area contributed by atoms with Crippen LogP contribution >= 0.6 is 11.8 Å². The molecule has 7 nitrogen and oxygen atoms in total. The number of aliphatic hydroxyl groups excluding tert-OH is 1. The molecule has 3 N–H and O–H groups in total. The molecule has 6 rings (SSSR count). The van der Waals surface area contributed by atoms with E-state index in [4.69, 9.17) is 6.42 Å². The zero-order valence-corrected chi connectivity index (χ0v) is 26.4. The lowest BCUT2D eigenvalue weighted by Gasteiger charge is -2.62. The molecular formula is C34H49N3O4S. The van der Waals surface area contributed by atoms with E-state index < -0.39 is 6.04 Å². The van der Waals surface area contributed by atoms with Crippen LogP contribution in [0.15, 0.2) is 11.3 Å². The number of β-lactam (4-membered cyclic amide) rings is 1. The van der Waals surface area contributed by atoms with Crippen molar-refractivity contribution < 1.29 is 19.5 Å². The van der Waals surface area contributed by atoms with E-state index in [1.165, 1.54) is 56.3 Å². The molecule has 0 bridgehead atoms. The third-order valence-electron chi connectivity index (χ3n) is 12.8. The molecule has 8 heteroatoms. The normalized spacial score (nSPS) is 42.4. The van der Waals surface area contributed by atoms with E-state index in [1.807, 2.05) is 6.92 Å². The maximum absolute atomic E-state index is 13.0. The van der Waals surface area contributed by atoms with Gasteiger partial charge in [0.15, 0.2) is 0 Å². The van der Waals surface area contributed by atoms with E-state index in [9.17, 15) is 19.5 Å². The van der Waals surface area contributed by atoms with Crippen molar-refractivity contribution in [3.8, 4) is 12.3 Å². The number of nitrogens with zero attached hydrogens (tertiary/aromatic N) is 1. The Labute approximate surface area is 255 Å². The van der Waals surface area contributed by atoms with E-state index in [1.54, 1.807) is 11.8 Å². The number of fused-ring (bicyclic) bond motifs is 6. The number of aliphatic hydroxyl groups is 1. The van der Waals surface area contributed by atoms with Gasteiger partial charge in [-0.05, 0) is 111 Å². The molecule has 0 aromatic heterocycles. The van der Waals surface area contributed by atoms with Gasteiger partial charge in [-0.3, -0.25) is 19.3 Å². The van der Waals surface area contributed by atoms with Crippen LogP contribution in [0.1, 0.15) is 97.8 Å². The first-order chi connectivity index (χ1) is 20.1. The molecule has 4 saturated carbocycles. The van der Waals surface area contributed by atoms with Crippen LogP contribution < -0.4 is 10.6 Å². The lowest BCUT2D eigenvalue weighted by molar-refractivity contribution is -0.162. The quantitative estimate of drug-likeness (QED) is 0.295. The molecule has 6 aliphatic rings. The molecule has 10 atom stereocenters. The first-order valence-electron chi connectivity index (χ1n) is 16.4. The molecule has 10 unspecified atom stereocenters. The highest BCUT2D eigenvalue weighted by molar-refractivity contribution is 8.00. The predicted octanol–water partition coefficient (Wildman–Crippen LogP) is 4.60. The number of thioether (sulfide) groups is 1. The number of carbonyl (C=O) groups is 3. The third-order valence-corrected chi connectivity index (χ3v) is 14.2. The minimum atomic E-state index is -0.590. The molecule has 0 spiro atoms. The average Bonchev–Trinajstić information content (AvgIpc) is 3.30. The topological polar surface area (TPSA) is 98.7 Å². The maximum atomic E-state index is 13.0. The summed E-state index contributed by atoms with van der Waals surface area (Å²) in [5.41, 5.74) is 1.88. The Kier molecular flexibility index (Phi) is 8.23. The lowest BCUT2D eigenvalue weighted by Crippen LogP contribution is -2.70. The van der Waals surface area contributed by atoms with Gasteiger partial charge in [0.25, 0.3) is 11.8 Å². The van der Waals surface area contributed by atoms with Gasteiger partial charge in [0.05, 0.1) is 12.6 Å². The van der Waals surface area contributed by atoms with E-state index in [0.717, 1.165) is 24.8 Å². The van der Waals surface area contributed by atoms with Crippen molar-refractivity contribution in [2.24, 2.45) is 40.4 Å². The monoisotopic (exact) mass is 595 g/mol. The Morgan fingerprint density at radius 2 is 1.90 bits per heavy atom. The summed E-state index contributed by atoms with van der Waals surface area (Å²) in [7, 11) is 0. The van der Waals surface area contributed by atoms with Gasteiger partial charge in [-0.25, -0.2) is 0 Å². The largest absolute Gasteiger partial charge is 0.393 e. The smallest absolute Gasteiger partial charge is 0.268 e. The van der Waals surface area contributed by atoms with Crippen molar-refractivity contribution in [3.05, 3.63) is 11.3 Å². The molecule has 0 radical (unpaired) electrons. The fourth-order valence-corrected chi connectivity index (χ4v) is 11.9. The highest BCUT2D eigenvalue weighted by atomic mass is 32.2. The standard InChI is InChI=1S/C34H49N3O4S/c1-5-17-35-30(40)29-20(2)19-42-32-28(31(41)37(29)32)36-26(39)11-8-10-21-12-13-23-27-24(14-16-34(21,23)4)33(3)15-7-6-9-22(33)18-25(27)38/h1,21-25,27-28,32,38H,6-19H2,2-4H3,(H,35,40)(H,36,39). The number of hydrogen-bond acceptors (Lipinski definition) is 5. The highest BCUT2D eigenvalue weighted by Crippen LogP contribution is 2.67. The molecule has 2 heterocycles. The zero-order chi connectivity index (χ0) is 29.8. The van der Waals surface area contributed by atoms with Gasteiger partial charge < -0.3 is 15.7 Å². The van der Waals surface area contributed by atoms with E-state index in [-0.39, 0.29) is 41.2 Å². The van der Waals surface area contributed by atoms with Gasteiger partial charge in [0, 0.05) is 12.2 Å². The maximum Gasteiger partial charge on any atom is 0.268 e. The summed E-state index contributed by atoms with van der Waals surface area (Å²) >= 11 is 1.58. The first-order valence-corrected chi connectivity index (χ1v) is 17.5. The van der Waals surface area contributed by atoms with E-state index >= 15 is 0 Å². The number of rotatable bonds is 7. The minimum absolute atomic E-state index is 0.0828. The number of carbonyl (C=O) groups excluding carboxylic acids is 3. The molecule has 230 valence electrons. The van der Waals surface area contributed by atoms with Crippen LogP contribution in [0, 0.1) is 52.8 Å². The Bertz CT molecular complexity index is 1200. The van der Waals surface area contributed by atoms with Crippen molar-refractivity contribution >= 4 is 29.5 Å². The zero-order valence-electron chi connectivity index (χ0n) is 25.6. The molecule has 3 amide bonds. The molecule has 42 heavy (non-hydrogen) atoms. The van der Waals surface area contributed by atoms with E-state index in [2.05, 4.69) is 30.4 Å². The highest BCUT2D eigenvalue weighted by Gasteiger charge is 2.62. The number of nitrogens with one attached hydrogen (secondary N) is 2. The van der Waals surface area contributed by atoms with Crippen LogP contribution in [0.25, 0.3) is 0 Å². The van der Waals surface area contributed by atoms with E-state index in [0.29, 0.717) is 52.9 Å². The van der Waals surface area contributed by atoms with Gasteiger partial charge in [0.1, 0.15) is 17.1 Å². The summed E-state index contributed by atoms with van der Waals surface area (Å²) in [4.78, 5) is 40.2. The molecule has 5 fully saturated rings. The van der Waals surface area contributed by atoms with Crippen molar-refractivity contribution in [3.63, 3.8) is 0 Å². The Morgan fingerprint density at radius 1 is 1.12 bits per heavy atom. The number of amides is 3. The van der Waals surface area contributed by atoms with Crippen LogP contribution in [0.3, 0.4) is 0 Å². The summed E-state index contributed by atoms with van der Waals surface area (Å²) in [5, 5.41) is 16.8. The molecule has 0 aromatic carbocycles. The summed E-state index contributed by atoms with van der Waals surface area (Å²) < 4.78 is 0. The average molecular weight is 596 g/mol. The molecular weight excluding hydrogens is 546 g/mol. The summed E-state index contributed by atoms with van der Waals surface area (Å²) in [6.45, 7) is 7.01. The second kappa shape index (κ2) is 11.5. The fraction of sp³-hybridized carbons (Fsp3) is 0.794. The Hall–Kier alpha value is -1.98. The van der Waals surface area contributed by atoms with Crippen LogP contribution in [0.2, 0.25) is 0 Å². The van der Waals surface area contributed by atoms with Crippen molar-refractivity contribution in [2.75, 3.05) is 12.3 Å². The molecule has 4 aliphatic carbocycles. The third kappa shape index (κ3) is 4.82. The van der Waals surface area contributed by atoms with Crippen LogP contribution in [-0.4, -0.2) is 57.5 Å². The SMILES string of the molecule is C#CCNC(=O)C1=C(C)CSC2C(NC(=O)CCCC3CCC4C5C(O)CC6CCCCC6(C)C5CCC34C)C(=O)N12. The Morgan fingerprint density at radius 3 is 2.69 bits per heavy atom. The van der Waals surface area contributed by atoms with Crippen LogP contribution in [-0.2, 0) is 14.4 Å². The fourth-order valence-electron chi connectivity index (χ4n) is 10.6. The van der Waals surface area contributed by atoms with Crippen LogP contribution in [0.4, 0.5) is 0 Å². The number of hydrogen-bond donors (Lipinski definition) is 3. The predicted molar refractivity (Wildman–Crippen MR) is 165 cm³/mol. The molecule has 0 aromatic rings. The van der Waals surface area contributed by atoms with Gasteiger partial charge in [-0.15, -0.1) is 18.2 Å². The summed E-state index contributed by atoms with van der Waals surface area (Å²) in [5.74, 6) is 5.36. The van der Waals surface area contributed by atoms with Crippen molar-refractivity contribution in [2.45, 2.75) is 115 Å². The van der Waals surface area contributed by atoms with Crippen molar-refractivity contribution in [1.29, 1.82) is 0 Å². The Balaban J connectivity index is 1.02. The first kappa shape index (κ1) is 30.1. The summed E-state index contributed by atoms with van der Waals surface area (Å²) in [6.07, 6.45) is 18.6. The van der Waals surface area contributed by atoms with Gasteiger partial charge in [0.2, 0.25) is 5.91 Å². The van der Waals surface area contributed by atoms with Gasteiger partial charge in [-0.1, -0.05) is 32.6 Å². The number of terminal acetylenes is 1. The van der Waals surface area contributed by atoms with Gasteiger partial charge >= 0.3 is 0 Å². The minimum Gasteiger partial charge on any atom is -0.393 e. The van der Waals surface area contributed by atoms with Gasteiger partial charge in [-0.2, -0.15) is 0 Å². The molecule has 1 saturated heterocycles. The lowest BCUT2D eigenvalue weighted by atomic mass is 9.44. The second-order valence-electron chi connectivity index (χ2n) is 14.7.